The normalized spacial score (nSPS) is 24.2. The van der Waals surface area contributed by atoms with Crippen molar-refractivity contribution >= 4 is 21.4 Å². The second-order valence-electron chi connectivity index (χ2n) is 5.09. The summed E-state index contributed by atoms with van der Waals surface area (Å²) in [7, 11) is -1.66. The number of nitrogens with zero attached hydrogens (tertiary/aromatic N) is 1. The van der Waals surface area contributed by atoms with Crippen LogP contribution in [-0.4, -0.2) is 32.4 Å². The smallest absolute Gasteiger partial charge is 0.252 e. The molecule has 1 saturated carbocycles. The van der Waals surface area contributed by atoms with E-state index in [4.69, 9.17) is 5.73 Å². The molecule has 1 aromatic heterocycles. The molecule has 6 heteroatoms. The quantitative estimate of drug-likeness (QED) is 0.905. The Morgan fingerprint density at radius 3 is 2.74 bits per heavy atom. The van der Waals surface area contributed by atoms with Gasteiger partial charge in [-0.1, -0.05) is 13.3 Å². The van der Waals surface area contributed by atoms with E-state index in [2.05, 4.69) is 0 Å². The Bertz CT molecular complexity index is 525. The van der Waals surface area contributed by atoms with Crippen molar-refractivity contribution in [3.63, 3.8) is 0 Å². The molecule has 0 saturated heterocycles. The van der Waals surface area contributed by atoms with E-state index in [1.165, 1.54) is 11.3 Å². The van der Waals surface area contributed by atoms with Crippen molar-refractivity contribution in [2.24, 2.45) is 11.7 Å². The maximum atomic E-state index is 12.6. The lowest BCUT2D eigenvalue weighted by Crippen LogP contribution is -2.41. The number of thiophene rings is 1. The van der Waals surface area contributed by atoms with E-state index in [0.29, 0.717) is 16.7 Å². The summed E-state index contributed by atoms with van der Waals surface area (Å²) in [5, 5.41) is 0. The topological polar surface area (TPSA) is 63.4 Å². The fraction of sp³-hybridized carbons (Fsp3) is 0.692. The summed E-state index contributed by atoms with van der Waals surface area (Å²) in [6.07, 6.45) is 3.89. The monoisotopic (exact) mass is 302 g/mol. The van der Waals surface area contributed by atoms with Crippen LogP contribution in [0.4, 0.5) is 0 Å². The predicted octanol–water partition coefficient (Wildman–Crippen LogP) is 2.06. The van der Waals surface area contributed by atoms with Crippen molar-refractivity contribution in [1.82, 2.24) is 4.31 Å². The number of rotatable bonds is 5. The van der Waals surface area contributed by atoms with Crippen molar-refractivity contribution < 1.29 is 8.42 Å². The third-order valence-corrected chi connectivity index (χ3v) is 7.59. The summed E-state index contributed by atoms with van der Waals surface area (Å²) >= 11 is 1.37. The highest BCUT2D eigenvalue weighted by atomic mass is 32.2. The average Bonchev–Trinajstić information content (AvgIpc) is 3.06. The Kier molecular flexibility index (Phi) is 4.66. The van der Waals surface area contributed by atoms with Crippen LogP contribution in [0.2, 0.25) is 0 Å². The van der Waals surface area contributed by atoms with Gasteiger partial charge in [-0.3, -0.25) is 0 Å². The summed E-state index contributed by atoms with van der Waals surface area (Å²) in [6, 6.07) is 3.68. The van der Waals surface area contributed by atoms with E-state index in [9.17, 15) is 8.42 Å². The molecule has 2 unspecified atom stereocenters. The van der Waals surface area contributed by atoms with E-state index < -0.39 is 10.0 Å². The van der Waals surface area contributed by atoms with Crippen LogP contribution in [0, 0.1) is 5.92 Å². The zero-order valence-electron chi connectivity index (χ0n) is 11.5. The van der Waals surface area contributed by atoms with Crippen LogP contribution in [0.3, 0.4) is 0 Å². The van der Waals surface area contributed by atoms with Crippen LogP contribution in [-0.2, 0) is 16.4 Å². The summed E-state index contributed by atoms with van der Waals surface area (Å²) in [5.41, 5.74) is 5.75. The van der Waals surface area contributed by atoms with Crippen LogP contribution < -0.4 is 5.73 Å². The maximum absolute atomic E-state index is 12.6. The van der Waals surface area contributed by atoms with Gasteiger partial charge in [-0.05, 0) is 43.9 Å². The Morgan fingerprint density at radius 1 is 1.42 bits per heavy atom. The highest BCUT2D eigenvalue weighted by molar-refractivity contribution is 7.91. The van der Waals surface area contributed by atoms with E-state index in [1.807, 2.05) is 13.0 Å². The first-order chi connectivity index (χ1) is 9.00. The van der Waals surface area contributed by atoms with Crippen LogP contribution in [0.15, 0.2) is 16.3 Å². The summed E-state index contributed by atoms with van der Waals surface area (Å²) in [5.74, 6) is 0.297. The first-order valence-corrected chi connectivity index (χ1v) is 9.03. The van der Waals surface area contributed by atoms with E-state index in [0.717, 1.165) is 30.6 Å². The van der Waals surface area contributed by atoms with Crippen molar-refractivity contribution in [1.29, 1.82) is 0 Å². The molecule has 2 atom stereocenters. The Morgan fingerprint density at radius 2 is 2.16 bits per heavy atom. The number of hydrogen-bond acceptors (Lipinski definition) is 4. The molecule has 19 heavy (non-hydrogen) atoms. The molecule has 1 heterocycles. The van der Waals surface area contributed by atoms with Crippen molar-refractivity contribution in [3.8, 4) is 0 Å². The molecule has 1 aromatic rings. The molecule has 1 fully saturated rings. The van der Waals surface area contributed by atoms with Gasteiger partial charge in [0.2, 0.25) is 0 Å². The second-order valence-corrected chi connectivity index (χ2v) is 8.48. The molecule has 0 aliphatic heterocycles. The third kappa shape index (κ3) is 2.86. The van der Waals surface area contributed by atoms with Gasteiger partial charge in [0.1, 0.15) is 4.21 Å². The number of hydrogen-bond donors (Lipinski definition) is 1. The highest BCUT2D eigenvalue weighted by Gasteiger charge is 2.36. The highest BCUT2D eigenvalue weighted by Crippen LogP contribution is 2.33. The number of aryl methyl sites for hydroxylation is 1. The molecule has 2 rings (SSSR count). The molecule has 2 N–H and O–H groups in total. The maximum Gasteiger partial charge on any atom is 0.252 e. The van der Waals surface area contributed by atoms with Gasteiger partial charge in [-0.15, -0.1) is 11.3 Å². The molecule has 0 aromatic carbocycles. The van der Waals surface area contributed by atoms with Crippen molar-refractivity contribution in [2.75, 3.05) is 13.6 Å². The number of nitrogens with two attached hydrogens (primary N) is 1. The van der Waals surface area contributed by atoms with Crippen molar-refractivity contribution in [2.45, 2.75) is 42.9 Å². The van der Waals surface area contributed by atoms with Gasteiger partial charge in [0.25, 0.3) is 10.0 Å². The SMILES string of the molecule is CCc1ccc(S(=O)(=O)N(C)C2CCCC2CN)s1. The van der Waals surface area contributed by atoms with Gasteiger partial charge in [0, 0.05) is 18.0 Å². The van der Waals surface area contributed by atoms with Gasteiger partial charge < -0.3 is 5.73 Å². The Labute approximate surface area is 119 Å². The van der Waals surface area contributed by atoms with Crippen LogP contribution in [0.5, 0.6) is 0 Å². The largest absolute Gasteiger partial charge is 0.330 e. The van der Waals surface area contributed by atoms with E-state index in [-0.39, 0.29) is 6.04 Å². The van der Waals surface area contributed by atoms with Gasteiger partial charge in [-0.2, -0.15) is 4.31 Å². The fourth-order valence-corrected chi connectivity index (χ4v) is 5.71. The van der Waals surface area contributed by atoms with E-state index >= 15 is 0 Å². The molecule has 108 valence electrons. The van der Waals surface area contributed by atoms with Crippen LogP contribution in [0.25, 0.3) is 0 Å². The number of sulfonamides is 1. The van der Waals surface area contributed by atoms with Crippen LogP contribution >= 0.6 is 11.3 Å². The lowest BCUT2D eigenvalue weighted by Gasteiger charge is -2.27. The summed E-state index contributed by atoms with van der Waals surface area (Å²) in [6.45, 7) is 2.60. The molecule has 0 radical (unpaired) electrons. The first-order valence-electron chi connectivity index (χ1n) is 6.77. The van der Waals surface area contributed by atoms with Gasteiger partial charge in [-0.25, -0.2) is 8.42 Å². The molecule has 4 nitrogen and oxygen atoms in total. The molecule has 0 bridgehead atoms. The standard InChI is InChI=1S/C13H22N2O2S2/c1-3-11-7-8-13(18-11)19(16,17)15(2)12-6-4-5-10(12)9-14/h7-8,10,12H,3-6,9,14H2,1-2H3. The molecular formula is C13H22N2O2S2. The minimum absolute atomic E-state index is 0.0576. The summed E-state index contributed by atoms with van der Waals surface area (Å²) in [4.78, 5) is 1.11. The first kappa shape index (κ1) is 15.0. The van der Waals surface area contributed by atoms with Crippen LogP contribution in [0.1, 0.15) is 31.1 Å². The van der Waals surface area contributed by atoms with Gasteiger partial charge >= 0.3 is 0 Å². The summed E-state index contributed by atoms with van der Waals surface area (Å²) < 4.78 is 27.2. The lowest BCUT2D eigenvalue weighted by atomic mass is 10.0. The Hall–Kier alpha value is -0.430. The zero-order valence-corrected chi connectivity index (χ0v) is 13.1. The minimum Gasteiger partial charge on any atom is -0.330 e. The molecule has 0 amide bonds. The molecular weight excluding hydrogens is 280 g/mol. The Balaban J connectivity index is 2.23. The second kappa shape index (κ2) is 5.91. The predicted molar refractivity (Wildman–Crippen MR) is 78.8 cm³/mol. The molecule has 1 aliphatic carbocycles. The minimum atomic E-state index is -3.36. The molecule has 1 aliphatic rings. The third-order valence-electron chi connectivity index (χ3n) is 4.01. The zero-order chi connectivity index (χ0) is 14.0. The fourth-order valence-electron chi connectivity index (χ4n) is 2.78. The molecule has 0 spiro atoms. The average molecular weight is 302 g/mol. The van der Waals surface area contributed by atoms with E-state index in [1.54, 1.807) is 17.4 Å². The lowest BCUT2D eigenvalue weighted by molar-refractivity contribution is 0.305. The van der Waals surface area contributed by atoms with Gasteiger partial charge in [0.05, 0.1) is 0 Å². The van der Waals surface area contributed by atoms with Crippen molar-refractivity contribution in [3.05, 3.63) is 17.0 Å². The van der Waals surface area contributed by atoms with Gasteiger partial charge in [0.15, 0.2) is 0 Å².